The number of rotatable bonds is 3. The largest absolute Gasteiger partial charge is 0.326 e. The lowest BCUT2D eigenvalue weighted by Crippen LogP contribution is -2.48. The van der Waals surface area contributed by atoms with Gasteiger partial charge in [-0.3, -0.25) is 0 Å². The zero-order valence-corrected chi connectivity index (χ0v) is 8.34. The molecule has 0 bridgehead atoms. The molecule has 0 aromatic carbocycles. The molecule has 0 heterocycles. The Morgan fingerprint density at radius 2 is 2.00 bits per heavy atom. The summed E-state index contributed by atoms with van der Waals surface area (Å²) in [5.41, 5.74) is 6.00. The Bertz CT molecular complexity index is 123. The fraction of sp³-hybridized carbons (Fsp3) is 1.00. The highest BCUT2D eigenvalue weighted by molar-refractivity contribution is 4.83. The summed E-state index contributed by atoms with van der Waals surface area (Å²) in [6.07, 6.45) is 5.15. The third-order valence-electron chi connectivity index (χ3n) is 2.61. The van der Waals surface area contributed by atoms with Gasteiger partial charge in [0.15, 0.2) is 0 Å². The van der Waals surface area contributed by atoms with Crippen molar-refractivity contribution in [3.8, 4) is 0 Å². The van der Waals surface area contributed by atoms with E-state index in [2.05, 4.69) is 19.2 Å². The lowest BCUT2D eigenvalue weighted by molar-refractivity contribution is 0.317. The second-order valence-electron chi connectivity index (χ2n) is 4.36. The van der Waals surface area contributed by atoms with E-state index in [1.807, 2.05) is 0 Å². The molecule has 1 aliphatic rings. The Kier molecular flexibility index (Phi) is 4.02. The van der Waals surface area contributed by atoms with E-state index >= 15 is 0 Å². The molecule has 1 rings (SSSR count). The molecule has 1 aliphatic carbocycles. The van der Waals surface area contributed by atoms with E-state index < -0.39 is 0 Å². The minimum atomic E-state index is 0.400. The van der Waals surface area contributed by atoms with Crippen LogP contribution in [0.2, 0.25) is 0 Å². The Morgan fingerprint density at radius 3 is 2.58 bits per heavy atom. The van der Waals surface area contributed by atoms with Gasteiger partial charge in [0.1, 0.15) is 0 Å². The first-order valence-corrected chi connectivity index (χ1v) is 5.19. The predicted molar refractivity (Wildman–Crippen MR) is 53.1 cm³/mol. The van der Waals surface area contributed by atoms with E-state index in [0.717, 1.165) is 12.5 Å². The van der Waals surface area contributed by atoms with E-state index in [1.165, 1.54) is 25.7 Å². The molecule has 2 nitrogen and oxygen atoms in total. The van der Waals surface area contributed by atoms with E-state index in [0.29, 0.717) is 12.1 Å². The van der Waals surface area contributed by atoms with Gasteiger partial charge in [-0.2, -0.15) is 0 Å². The molecule has 0 radical (unpaired) electrons. The van der Waals surface area contributed by atoms with Crippen molar-refractivity contribution in [3.63, 3.8) is 0 Å². The monoisotopic (exact) mass is 170 g/mol. The predicted octanol–water partition coefficient (Wildman–Crippen LogP) is 1.50. The topological polar surface area (TPSA) is 38.0 Å². The van der Waals surface area contributed by atoms with Crippen molar-refractivity contribution >= 4 is 0 Å². The van der Waals surface area contributed by atoms with Gasteiger partial charge in [-0.15, -0.1) is 0 Å². The summed E-state index contributed by atoms with van der Waals surface area (Å²) in [6.45, 7) is 5.58. The van der Waals surface area contributed by atoms with Crippen LogP contribution in [0.25, 0.3) is 0 Å². The minimum absolute atomic E-state index is 0.400. The minimum Gasteiger partial charge on any atom is -0.326 e. The first-order valence-electron chi connectivity index (χ1n) is 5.19. The van der Waals surface area contributed by atoms with Crippen molar-refractivity contribution in [1.29, 1.82) is 0 Å². The first-order chi connectivity index (χ1) is 5.70. The van der Waals surface area contributed by atoms with Crippen LogP contribution in [-0.2, 0) is 0 Å². The van der Waals surface area contributed by atoms with Crippen LogP contribution in [0.15, 0.2) is 0 Å². The quantitative estimate of drug-likeness (QED) is 0.673. The Balaban J connectivity index is 2.20. The van der Waals surface area contributed by atoms with Crippen LogP contribution in [-0.4, -0.2) is 18.6 Å². The zero-order chi connectivity index (χ0) is 8.97. The lowest BCUT2D eigenvalue weighted by atomic mass is 9.91. The molecule has 0 saturated heterocycles. The summed E-state index contributed by atoms with van der Waals surface area (Å²) in [5.74, 6) is 0.735. The molecule has 0 unspecified atom stereocenters. The van der Waals surface area contributed by atoms with Gasteiger partial charge in [-0.05, 0) is 25.3 Å². The van der Waals surface area contributed by atoms with E-state index in [4.69, 9.17) is 5.73 Å². The SMILES string of the molecule is CC(C)CN[C@@H]1CCCC[C@@H]1N. The molecule has 1 saturated carbocycles. The molecule has 1 fully saturated rings. The summed E-state index contributed by atoms with van der Waals surface area (Å²) in [5, 5.41) is 3.55. The van der Waals surface area contributed by atoms with Gasteiger partial charge in [-0.1, -0.05) is 26.7 Å². The molecule has 0 aromatic rings. The highest BCUT2D eigenvalue weighted by Crippen LogP contribution is 2.16. The highest BCUT2D eigenvalue weighted by Gasteiger charge is 2.20. The Labute approximate surface area is 75.9 Å². The molecule has 0 spiro atoms. The second kappa shape index (κ2) is 4.83. The van der Waals surface area contributed by atoms with Crippen molar-refractivity contribution in [2.24, 2.45) is 11.7 Å². The summed E-state index contributed by atoms with van der Waals surface area (Å²) >= 11 is 0. The molecule has 2 heteroatoms. The fourth-order valence-corrected chi connectivity index (χ4v) is 1.80. The molecule has 72 valence electrons. The summed E-state index contributed by atoms with van der Waals surface area (Å²) in [4.78, 5) is 0. The van der Waals surface area contributed by atoms with Crippen LogP contribution >= 0.6 is 0 Å². The first kappa shape index (κ1) is 10.0. The third-order valence-corrected chi connectivity index (χ3v) is 2.61. The van der Waals surface area contributed by atoms with Crippen molar-refractivity contribution in [3.05, 3.63) is 0 Å². The van der Waals surface area contributed by atoms with Crippen LogP contribution in [0, 0.1) is 5.92 Å². The zero-order valence-electron chi connectivity index (χ0n) is 8.34. The van der Waals surface area contributed by atoms with Crippen molar-refractivity contribution in [2.75, 3.05) is 6.54 Å². The van der Waals surface area contributed by atoms with Gasteiger partial charge < -0.3 is 11.1 Å². The molecule has 0 aliphatic heterocycles. The number of nitrogens with two attached hydrogens (primary N) is 1. The Morgan fingerprint density at radius 1 is 1.33 bits per heavy atom. The molecular weight excluding hydrogens is 148 g/mol. The molecule has 0 aromatic heterocycles. The van der Waals surface area contributed by atoms with Gasteiger partial charge in [-0.25, -0.2) is 0 Å². The average molecular weight is 170 g/mol. The van der Waals surface area contributed by atoms with E-state index in [1.54, 1.807) is 0 Å². The number of hydrogen-bond acceptors (Lipinski definition) is 2. The average Bonchev–Trinajstić information content (AvgIpc) is 2.03. The number of hydrogen-bond donors (Lipinski definition) is 2. The molecule has 2 atom stereocenters. The van der Waals surface area contributed by atoms with Gasteiger partial charge in [0.05, 0.1) is 0 Å². The fourth-order valence-electron chi connectivity index (χ4n) is 1.80. The second-order valence-corrected chi connectivity index (χ2v) is 4.36. The normalized spacial score (nSPS) is 31.0. The van der Waals surface area contributed by atoms with Gasteiger partial charge in [0.2, 0.25) is 0 Å². The standard InChI is InChI=1S/C10H22N2/c1-8(2)7-12-10-6-4-3-5-9(10)11/h8-10,12H,3-7,11H2,1-2H3/t9-,10+/m0/s1. The van der Waals surface area contributed by atoms with Crippen molar-refractivity contribution < 1.29 is 0 Å². The maximum Gasteiger partial charge on any atom is 0.0219 e. The van der Waals surface area contributed by atoms with Crippen LogP contribution in [0.5, 0.6) is 0 Å². The summed E-state index contributed by atoms with van der Waals surface area (Å²) in [6, 6.07) is 0.985. The highest BCUT2D eigenvalue weighted by atomic mass is 15.0. The van der Waals surface area contributed by atoms with Gasteiger partial charge >= 0.3 is 0 Å². The van der Waals surface area contributed by atoms with Crippen molar-refractivity contribution in [1.82, 2.24) is 5.32 Å². The van der Waals surface area contributed by atoms with Crippen LogP contribution in [0.1, 0.15) is 39.5 Å². The van der Waals surface area contributed by atoms with E-state index in [-0.39, 0.29) is 0 Å². The number of nitrogens with one attached hydrogen (secondary N) is 1. The molecule has 12 heavy (non-hydrogen) atoms. The van der Waals surface area contributed by atoms with Crippen LogP contribution < -0.4 is 11.1 Å². The summed E-state index contributed by atoms with van der Waals surface area (Å²) < 4.78 is 0. The van der Waals surface area contributed by atoms with Crippen LogP contribution in [0.4, 0.5) is 0 Å². The Hall–Kier alpha value is -0.0800. The lowest BCUT2D eigenvalue weighted by Gasteiger charge is -2.30. The maximum absolute atomic E-state index is 6.00. The van der Waals surface area contributed by atoms with Crippen molar-refractivity contribution in [2.45, 2.75) is 51.6 Å². The van der Waals surface area contributed by atoms with Gasteiger partial charge in [0, 0.05) is 12.1 Å². The summed E-state index contributed by atoms with van der Waals surface area (Å²) in [7, 11) is 0. The third kappa shape index (κ3) is 3.11. The van der Waals surface area contributed by atoms with E-state index in [9.17, 15) is 0 Å². The smallest absolute Gasteiger partial charge is 0.0219 e. The maximum atomic E-state index is 6.00. The van der Waals surface area contributed by atoms with Crippen LogP contribution in [0.3, 0.4) is 0 Å². The molecule has 3 N–H and O–H groups in total. The molecule has 0 amide bonds. The van der Waals surface area contributed by atoms with Gasteiger partial charge in [0.25, 0.3) is 0 Å². The molecular formula is C10H22N2.